The maximum atomic E-state index is 4.41. The molecule has 0 aliphatic carbocycles. The van der Waals surface area contributed by atoms with E-state index in [0.29, 0.717) is 6.54 Å². The molecule has 2 aromatic rings. The Labute approximate surface area is 166 Å². The van der Waals surface area contributed by atoms with Gasteiger partial charge in [0, 0.05) is 24.7 Å². The van der Waals surface area contributed by atoms with Gasteiger partial charge in [0.2, 0.25) is 0 Å². The SMILES string of the molecule is CCc1cnc(CNC(=NC)NCCc2ccc(C)cc2C)s1.I. The zero-order chi connectivity index (χ0) is 16.7. The minimum Gasteiger partial charge on any atom is -0.356 e. The first kappa shape index (κ1) is 20.9. The van der Waals surface area contributed by atoms with E-state index in [1.54, 1.807) is 18.4 Å². The molecule has 0 aliphatic heterocycles. The maximum absolute atomic E-state index is 4.41. The Morgan fingerprint density at radius 3 is 2.67 bits per heavy atom. The van der Waals surface area contributed by atoms with Crippen molar-refractivity contribution in [2.45, 2.75) is 40.2 Å². The molecule has 0 unspecified atom stereocenters. The molecule has 0 saturated heterocycles. The smallest absolute Gasteiger partial charge is 0.191 e. The summed E-state index contributed by atoms with van der Waals surface area (Å²) in [4.78, 5) is 10.0. The summed E-state index contributed by atoms with van der Waals surface area (Å²) >= 11 is 1.75. The van der Waals surface area contributed by atoms with Gasteiger partial charge in [-0.05, 0) is 37.8 Å². The Morgan fingerprint density at radius 1 is 1.25 bits per heavy atom. The Balaban J connectivity index is 0.00000288. The van der Waals surface area contributed by atoms with E-state index in [9.17, 15) is 0 Å². The van der Waals surface area contributed by atoms with Gasteiger partial charge in [0.1, 0.15) is 5.01 Å². The number of benzene rings is 1. The van der Waals surface area contributed by atoms with E-state index in [1.165, 1.54) is 21.6 Å². The summed E-state index contributed by atoms with van der Waals surface area (Å²) in [5, 5.41) is 7.78. The number of nitrogens with zero attached hydrogens (tertiary/aromatic N) is 2. The summed E-state index contributed by atoms with van der Waals surface area (Å²) in [6.45, 7) is 8.03. The molecule has 1 aromatic carbocycles. The summed E-state index contributed by atoms with van der Waals surface area (Å²) < 4.78 is 0. The van der Waals surface area contributed by atoms with Crippen molar-refractivity contribution in [2.75, 3.05) is 13.6 Å². The number of thiazole rings is 1. The van der Waals surface area contributed by atoms with Crippen molar-refractivity contribution < 1.29 is 0 Å². The van der Waals surface area contributed by atoms with Crippen molar-refractivity contribution in [2.24, 2.45) is 4.99 Å². The lowest BCUT2D eigenvalue weighted by atomic mass is 10.0. The zero-order valence-corrected chi connectivity index (χ0v) is 18.0. The highest BCUT2D eigenvalue weighted by Gasteiger charge is 2.03. The molecule has 0 saturated carbocycles. The second-order valence-electron chi connectivity index (χ2n) is 5.61. The van der Waals surface area contributed by atoms with Crippen molar-refractivity contribution in [3.8, 4) is 0 Å². The fraction of sp³-hybridized carbons (Fsp3) is 0.444. The Morgan fingerprint density at radius 2 is 2.04 bits per heavy atom. The van der Waals surface area contributed by atoms with Crippen LogP contribution in [0.4, 0.5) is 0 Å². The fourth-order valence-corrected chi connectivity index (χ4v) is 3.22. The molecule has 4 nitrogen and oxygen atoms in total. The molecule has 2 rings (SSSR count). The zero-order valence-electron chi connectivity index (χ0n) is 14.8. The summed E-state index contributed by atoms with van der Waals surface area (Å²) in [6, 6.07) is 6.61. The first-order valence-corrected chi connectivity index (χ1v) is 8.88. The van der Waals surface area contributed by atoms with Crippen molar-refractivity contribution >= 4 is 41.3 Å². The molecule has 0 bridgehead atoms. The molecule has 0 radical (unpaired) electrons. The first-order valence-electron chi connectivity index (χ1n) is 8.06. The standard InChI is InChI=1S/C18H26N4S.HI/c1-5-16-11-21-17(23-16)12-22-18(19-4)20-9-8-15-7-6-13(2)10-14(15)3;/h6-7,10-11H,5,8-9,12H2,1-4H3,(H2,19,20,22);1H. The third-order valence-corrected chi connectivity index (χ3v) is 4.91. The second-order valence-corrected chi connectivity index (χ2v) is 6.81. The molecule has 1 aromatic heterocycles. The number of hydrogen-bond donors (Lipinski definition) is 2. The number of nitrogens with one attached hydrogen (secondary N) is 2. The molecule has 0 atom stereocenters. The van der Waals surface area contributed by atoms with Gasteiger partial charge >= 0.3 is 0 Å². The van der Waals surface area contributed by atoms with Crippen molar-refractivity contribution in [1.29, 1.82) is 0 Å². The van der Waals surface area contributed by atoms with Gasteiger partial charge in [-0.1, -0.05) is 30.7 Å². The molecular weight excluding hydrogens is 431 g/mol. The first-order chi connectivity index (χ1) is 11.1. The van der Waals surface area contributed by atoms with Gasteiger partial charge in [-0.3, -0.25) is 4.99 Å². The lowest BCUT2D eigenvalue weighted by Crippen LogP contribution is -2.37. The van der Waals surface area contributed by atoms with Crippen LogP contribution in [0.2, 0.25) is 0 Å². The van der Waals surface area contributed by atoms with Crippen LogP contribution in [0.15, 0.2) is 29.4 Å². The van der Waals surface area contributed by atoms with Gasteiger partial charge < -0.3 is 10.6 Å². The maximum Gasteiger partial charge on any atom is 0.191 e. The van der Waals surface area contributed by atoms with E-state index < -0.39 is 0 Å². The number of aromatic nitrogens is 1. The summed E-state index contributed by atoms with van der Waals surface area (Å²) in [5.74, 6) is 0.822. The molecule has 0 spiro atoms. The summed E-state index contributed by atoms with van der Waals surface area (Å²) in [7, 11) is 1.80. The number of guanidine groups is 1. The minimum absolute atomic E-state index is 0. The van der Waals surface area contributed by atoms with Crippen LogP contribution in [0.25, 0.3) is 0 Å². The van der Waals surface area contributed by atoms with Crippen LogP contribution < -0.4 is 10.6 Å². The normalized spacial score (nSPS) is 11.1. The highest BCUT2D eigenvalue weighted by Crippen LogP contribution is 2.13. The average Bonchev–Trinajstić information content (AvgIpc) is 3.00. The van der Waals surface area contributed by atoms with Crippen LogP contribution >= 0.6 is 35.3 Å². The number of hydrogen-bond acceptors (Lipinski definition) is 3. The molecule has 0 aliphatic rings. The van der Waals surface area contributed by atoms with E-state index in [0.717, 1.165) is 30.4 Å². The summed E-state index contributed by atoms with van der Waals surface area (Å²) in [6.07, 6.45) is 3.99. The third kappa shape index (κ3) is 6.39. The number of halogens is 1. The number of aliphatic imine (C=N–C) groups is 1. The van der Waals surface area contributed by atoms with Crippen LogP contribution in [0.1, 0.15) is 33.5 Å². The van der Waals surface area contributed by atoms with Crippen LogP contribution in [0, 0.1) is 13.8 Å². The van der Waals surface area contributed by atoms with Crippen LogP contribution in [-0.4, -0.2) is 24.5 Å². The molecule has 24 heavy (non-hydrogen) atoms. The van der Waals surface area contributed by atoms with E-state index in [1.807, 2.05) is 6.20 Å². The van der Waals surface area contributed by atoms with Crippen molar-refractivity contribution in [3.63, 3.8) is 0 Å². The Hall–Kier alpha value is -1.15. The van der Waals surface area contributed by atoms with Gasteiger partial charge in [-0.2, -0.15) is 0 Å². The van der Waals surface area contributed by atoms with Gasteiger partial charge in [0.25, 0.3) is 0 Å². The van der Waals surface area contributed by atoms with E-state index in [-0.39, 0.29) is 24.0 Å². The third-order valence-electron chi connectivity index (χ3n) is 3.77. The Bertz CT molecular complexity index is 667. The topological polar surface area (TPSA) is 49.3 Å². The highest BCUT2D eigenvalue weighted by atomic mass is 127. The van der Waals surface area contributed by atoms with E-state index in [2.05, 4.69) is 59.6 Å². The molecular formula is C18H27IN4S. The van der Waals surface area contributed by atoms with Crippen LogP contribution in [-0.2, 0) is 19.4 Å². The lowest BCUT2D eigenvalue weighted by molar-refractivity contribution is 0.789. The molecule has 0 fully saturated rings. The predicted molar refractivity (Wildman–Crippen MR) is 115 cm³/mol. The van der Waals surface area contributed by atoms with Gasteiger partial charge in [-0.25, -0.2) is 4.98 Å². The van der Waals surface area contributed by atoms with Gasteiger partial charge in [0.15, 0.2) is 5.96 Å². The van der Waals surface area contributed by atoms with Gasteiger partial charge in [0.05, 0.1) is 6.54 Å². The Kier molecular flexibility index (Phi) is 9.28. The number of rotatable bonds is 6. The fourth-order valence-electron chi connectivity index (χ4n) is 2.42. The van der Waals surface area contributed by atoms with Crippen molar-refractivity contribution in [3.05, 3.63) is 51.0 Å². The molecule has 132 valence electrons. The molecule has 0 amide bonds. The second kappa shape index (κ2) is 10.7. The van der Waals surface area contributed by atoms with Crippen LogP contribution in [0.5, 0.6) is 0 Å². The number of aryl methyl sites for hydroxylation is 3. The summed E-state index contributed by atoms with van der Waals surface area (Å²) in [5.41, 5.74) is 4.04. The molecule has 2 N–H and O–H groups in total. The van der Waals surface area contributed by atoms with Crippen molar-refractivity contribution in [1.82, 2.24) is 15.6 Å². The van der Waals surface area contributed by atoms with E-state index >= 15 is 0 Å². The van der Waals surface area contributed by atoms with Gasteiger partial charge in [-0.15, -0.1) is 35.3 Å². The quantitative estimate of drug-likeness (QED) is 0.393. The average molecular weight is 458 g/mol. The highest BCUT2D eigenvalue weighted by molar-refractivity contribution is 14.0. The minimum atomic E-state index is 0. The predicted octanol–water partition coefficient (Wildman–Crippen LogP) is 3.85. The monoisotopic (exact) mass is 458 g/mol. The van der Waals surface area contributed by atoms with E-state index in [4.69, 9.17) is 0 Å². The van der Waals surface area contributed by atoms with Crippen LogP contribution in [0.3, 0.4) is 0 Å². The molecule has 1 heterocycles. The molecule has 6 heteroatoms. The largest absolute Gasteiger partial charge is 0.356 e. The lowest BCUT2D eigenvalue weighted by Gasteiger charge is -2.12.